The van der Waals surface area contributed by atoms with Crippen LogP contribution in [-0.2, 0) is 0 Å². The van der Waals surface area contributed by atoms with Gasteiger partial charge in [0.15, 0.2) is 0 Å². The molecular formula is C15H28N2. The van der Waals surface area contributed by atoms with E-state index in [0.717, 1.165) is 29.7 Å². The fourth-order valence-electron chi connectivity index (χ4n) is 4.58. The molecule has 2 heteroatoms. The van der Waals surface area contributed by atoms with Crippen LogP contribution >= 0.6 is 0 Å². The van der Waals surface area contributed by atoms with Gasteiger partial charge in [0.25, 0.3) is 0 Å². The molecule has 3 rings (SSSR count). The number of piperidine rings is 1. The lowest BCUT2D eigenvalue weighted by Crippen LogP contribution is -2.48. The summed E-state index contributed by atoms with van der Waals surface area (Å²) in [7, 11) is 2.36. The van der Waals surface area contributed by atoms with Gasteiger partial charge in [-0.3, -0.25) is 0 Å². The van der Waals surface area contributed by atoms with Gasteiger partial charge >= 0.3 is 0 Å². The molecule has 2 aliphatic carbocycles. The summed E-state index contributed by atoms with van der Waals surface area (Å²) >= 11 is 0. The average molecular weight is 236 g/mol. The molecule has 0 amide bonds. The SMILES string of the molecule is CC1CNCC(N(C)CC2CC3CCC2C3)C1. The summed E-state index contributed by atoms with van der Waals surface area (Å²) in [5.41, 5.74) is 0. The zero-order chi connectivity index (χ0) is 11.8. The van der Waals surface area contributed by atoms with Crippen molar-refractivity contribution in [1.29, 1.82) is 0 Å². The fourth-order valence-corrected chi connectivity index (χ4v) is 4.58. The van der Waals surface area contributed by atoms with E-state index in [1.165, 1.54) is 45.3 Å². The van der Waals surface area contributed by atoms with Crippen molar-refractivity contribution in [2.75, 3.05) is 26.7 Å². The maximum atomic E-state index is 3.58. The lowest BCUT2D eigenvalue weighted by Gasteiger charge is -2.37. The molecule has 0 radical (unpaired) electrons. The van der Waals surface area contributed by atoms with Crippen LogP contribution in [0.15, 0.2) is 0 Å². The van der Waals surface area contributed by atoms with Crippen molar-refractivity contribution in [1.82, 2.24) is 10.2 Å². The fraction of sp³-hybridized carbons (Fsp3) is 1.00. The highest BCUT2D eigenvalue weighted by Crippen LogP contribution is 2.48. The van der Waals surface area contributed by atoms with Gasteiger partial charge in [0.1, 0.15) is 0 Å². The largest absolute Gasteiger partial charge is 0.315 e. The Balaban J connectivity index is 1.51. The first-order valence-corrected chi connectivity index (χ1v) is 7.63. The Morgan fingerprint density at radius 1 is 1.12 bits per heavy atom. The smallest absolute Gasteiger partial charge is 0.0220 e. The highest BCUT2D eigenvalue weighted by Gasteiger charge is 2.40. The standard InChI is InChI=1S/C15H28N2/c1-11-5-15(9-16-8-11)17(2)10-14-7-12-3-4-13(14)6-12/h11-16H,3-10H2,1-2H3. The van der Waals surface area contributed by atoms with Crippen molar-refractivity contribution in [2.45, 2.75) is 45.1 Å². The van der Waals surface area contributed by atoms with Gasteiger partial charge in [0, 0.05) is 19.1 Å². The van der Waals surface area contributed by atoms with Gasteiger partial charge in [-0.15, -0.1) is 0 Å². The lowest BCUT2D eigenvalue weighted by atomic mass is 9.87. The third kappa shape index (κ3) is 2.53. The van der Waals surface area contributed by atoms with E-state index >= 15 is 0 Å². The zero-order valence-electron chi connectivity index (χ0n) is 11.5. The summed E-state index contributed by atoms with van der Waals surface area (Å²) in [5, 5.41) is 3.58. The predicted octanol–water partition coefficient (Wildman–Crippen LogP) is 2.35. The molecule has 5 atom stereocenters. The Bertz CT molecular complexity index is 266. The van der Waals surface area contributed by atoms with Crippen molar-refractivity contribution < 1.29 is 0 Å². The molecule has 1 N–H and O–H groups in total. The molecule has 3 fully saturated rings. The molecule has 2 saturated carbocycles. The molecule has 0 aromatic rings. The molecule has 1 saturated heterocycles. The summed E-state index contributed by atoms with van der Waals surface area (Å²) in [6, 6.07) is 0.790. The van der Waals surface area contributed by atoms with Crippen molar-refractivity contribution >= 4 is 0 Å². The van der Waals surface area contributed by atoms with E-state index in [1.807, 2.05) is 0 Å². The van der Waals surface area contributed by atoms with Crippen LogP contribution in [0.2, 0.25) is 0 Å². The summed E-state index contributed by atoms with van der Waals surface area (Å²) < 4.78 is 0. The first-order valence-electron chi connectivity index (χ1n) is 7.63. The third-order valence-corrected chi connectivity index (χ3v) is 5.58. The van der Waals surface area contributed by atoms with E-state index in [9.17, 15) is 0 Å². The Morgan fingerprint density at radius 2 is 2.00 bits per heavy atom. The van der Waals surface area contributed by atoms with E-state index < -0.39 is 0 Å². The van der Waals surface area contributed by atoms with Crippen molar-refractivity contribution in [3.8, 4) is 0 Å². The van der Waals surface area contributed by atoms with Crippen LogP contribution in [0.5, 0.6) is 0 Å². The van der Waals surface area contributed by atoms with E-state index in [-0.39, 0.29) is 0 Å². The molecule has 98 valence electrons. The van der Waals surface area contributed by atoms with Crippen LogP contribution in [0.25, 0.3) is 0 Å². The summed E-state index contributed by atoms with van der Waals surface area (Å²) in [4.78, 5) is 2.66. The number of fused-ring (bicyclic) bond motifs is 2. The van der Waals surface area contributed by atoms with E-state index in [2.05, 4.69) is 24.2 Å². The summed E-state index contributed by atoms with van der Waals surface area (Å²) in [6.45, 7) is 6.17. The van der Waals surface area contributed by atoms with E-state index in [4.69, 9.17) is 0 Å². The monoisotopic (exact) mass is 236 g/mol. The highest BCUT2D eigenvalue weighted by atomic mass is 15.2. The molecule has 1 aliphatic heterocycles. The summed E-state index contributed by atoms with van der Waals surface area (Å²) in [6.07, 6.45) is 7.54. The van der Waals surface area contributed by atoms with Crippen LogP contribution in [0.1, 0.15) is 39.0 Å². The average Bonchev–Trinajstić information content (AvgIpc) is 2.91. The van der Waals surface area contributed by atoms with E-state index in [1.54, 1.807) is 6.42 Å². The van der Waals surface area contributed by atoms with Crippen LogP contribution < -0.4 is 5.32 Å². The maximum absolute atomic E-state index is 3.58. The number of hydrogen-bond acceptors (Lipinski definition) is 2. The first kappa shape index (κ1) is 12.0. The van der Waals surface area contributed by atoms with Crippen LogP contribution in [0, 0.1) is 23.7 Å². The van der Waals surface area contributed by atoms with Crippen LogP contribution in [-0.4, -0.2) is 37.6 Å². The predicted molar refractivity (Wildman–Crippen MR) is 72.0 cm³/mol. The topological polar surface area (TPSA) is 15.3 Å². The number of nitrogens with one attached hydrogen (secondary N) is 1. The van der Waals surface area contributed by atoms with Gasteiger partial charge < -0.3 is 10.2 Å². The second-order valence-corrected chi connectivity index (χ2v) is 7.03. The van der Waals surface area contributed by atoms with Gasteiger partial charge in [-0.2, -0.15) is 0 Å². The molecule has 2 nitrogen and oxygen atoms in total. The minimum Gasteiger partial charge on any atom is -0.315 e. The molecule has 2 bridgehead atoms. The number of nitrogens with zero attached hydrogens (tertiary/aromatic N) is 1. The van der Waals surface area contributed by atoms with Gasteiger partial charge in [-0.25, -0.2) is 0 Å². The van der Waals surface area contributed by atoms with Crippen LogP contribution in [0.3, 0.4) is 0 Å². The Morgan fingerprint density at radius 3 is 2.65 bits per heavy atom. The molecule has 1 heterocycles. The highest BCUT2D eigenvalue weighted by molar-refractivity contribution is 4.92. The minimum absolute atomic E-state index is 0.790. The van der Waals surface area contributed by atoms with Crippen LogP contribution in [0.4, 0.5) is 0 Å². The van der Waals surface area contributed by atoms with Crippen molar-refractivity contribution in [3.63, 3.8) is 0 Å². The van der Waals surface area contributed by atoms with Gasteiger partial charge in [0.05, 0.1) is 0 Å². The van der Waals surface area contributed by atoms with Gasteiger partial charge in [0.2, 0.25) is 0 Å². The molecule has 0 spiro atoms. The quantitative estimate of drug-likeness (QED) is 0.809. The molecule has 0 aromatic carbocycles. The molecule has 5 unspecified atom stereocenters. The Hall–Kier alpha value is -0.0800. The molecule has 3 aliphatic rings. The van der Waals surface area contributed by atoms with Gasteiger partial charge in [-0.1, -0.05) is 13.3 Å². The number of hydrogen-bond donors (Lipinski definition) is 1. The molecule has 0 aromatic heterocycles. The zero-order valence-corrected chi connectivity index (χ0v) is 11.5. The minimum atomic E-state index is 0.790. The number of likely N-dealkylation sites (N-methyl/N-ethyl adjacent to an activating group) is 1. The second kappa shape index (κ2) is 4.89. The molecular weight excluding hydrogens is 208 g/mol. The Kier molecular flexibility index (Phi) is 3.45. The lowest BCUT2D eigenvalue weighted by molar-refractivity contribution is 0.136. The van der Waals surface area contributed by atoms with Gasteiger partial charge in [-0.05, 0) is 62.9 Å². The van der Waals surface area contributed by atoms with Crippen molar-refractivity contribution in [3.05, 3.63) is 0 Å². The maximum Gasteiger partial charge on any atom is 0.0220 e. The summed E-state index contributed by atoms with van der Waals surface area (Å²) in [5.74, 6) is 4.06. The van der Waals surface area contributed by atoms with Crippen molar-refractivity contribution in [2.24, 2.45) is 23.7 Å². The normalized spacial score (nSPS) is 45.7. The molecule has 17 heavy (non-hydrogen) atoms. The number of rotatable bonds is 3. The second-order valence-electron chi connectivity index (χ2n) is 7.03. The Labute approximate surface area is 106 Å². The first-order chi connectivity index (χ1) is 8.22. The third-order valence-electron chi connectivity index (χ3n) is 5.58. The van der Waals surface area contributed by atoms with E-state index in [0.29, 0.717) is 0 Å².